The Balaban J connectivity index is 2.47. The van der Waals surface area contributed by atoms with Gasteiger partial charge in [0, 0.05) is 17.8 Å². The summed E-state index contributed by atoms with van der Waals surface area (Å²) in [6.45, 7) is 1.89. The van der Waals surface area contributed by atoms with Gasteiger partial charge in [0.15, 0.2) is 0 Å². The number of benzene rings is 1. The van der Waals surface area contributed by atoms with Crippen LogP contribution in [-0.2, 0) is 6.42 Å². The van der Waals surface area contributed by atoms with E-state index in [-0.39, 0.29) is 11.3 Å². The fourth-order valence-electron chi connectivity index (χ4n) is 1.75. The molecule has 0 atom stereocenters. The number of carbonyl (C=O) groups is 1. The zero-order valence-corrected chi connectivity index (χ0v) is 9.78. The Hall–Kier alpha value is -2.10. The van der Waals surface area contributed by atoms with Gasteiger partial charge in [-0.25, -0.2) is 8.78 Å². The predicted octanol–water partition coefficient (Wildman–Crippen LogP) is 3.15. The minimum absolute atomic E-state index is 0.0269. The number of nitrogens with zero attached hydrogens (tertiary/aromatic N) is 1. The first-order valence-corrected chi connectivity index (χ1v) is 5.56. The third kappa shape index (κ3) is 2.42. The van der Waals surface area contributed by atoms with E-state index in [1.54, 1.807) is 12.1 Å². The van der Waals surface area contributed by atoms with E-state index in [4.69, 9.17) is 0 Å². The Kier molecular flexibility index (Phi) is 3.46. The van der Waals surface area contributed by atoms with Crippen LogP contribution in [0.2, 0.25) is 0 Å². The van der Waals surface area contributed by atoms with Crippen molar-refractivity contribution in [1.82, 2.24) is 4.98 Å². The molecule has 0 fully saturated rings. The molecule has 2 nitrogen and oxygen atoms in total. The van der Waals surface area contributed by atoms with Gasteiger partial charge in [-0.3, -0.25) is 9.78 Å². The second-order valence-electron chi connectivity index (χ2n) is 3.85. The van der Waals surface area contributed by atoms with Crippen molar-refractivity contribution >= 4 is 5.78 Å². The summed E-state index contributed by atoms with van der Waals surface area (Å²) in [5.41, 5.74) is 0.970. The second kappa shape index (κ2) is 5.04. The summed E-state index contributed by atoms with van der Waals surface area (Å²) in [6.07, 6.45) is 2.12. The molecule has 0 saturated carbocycles. The van der Waals surface area contributed by atoms with Gasteiger partial charge in [-0.15, -0.1) is 0 Å². The highest BCUT2D eigenvalue weighted by atomic mass is 19.1. The standard InChI is InChI=1S/C14H11F2NO/c1-2-9-4-3-5-17-13(9)14(18)10-6-11(15)8-12(16)7-10/h3-8H,2H2,1H3. The third-order valence-corrected chi connectivity index (χ3v) is 2.61. The number of carbonyl (C=O) groups excluding carboxylic acids is 1. The Labute approximate surface area is 103 Å². The fourth-order valence-corrected chi connectivity index (χ4v) is 1.75. The zero-order valence-electron chi connectivity index (χ0n) is 9.78. The first kappa shape index (κ1) is 12.4. The van der Waals surface area contributed by atoms with E-state index < -0.39 is 17.4 Å². The fraction of sp³-hybridized carbons (Fsp3) is 0.143. The van der Waals surface area contributed by atoms with Gasteiger partial charge in [-0.1, -0.05) is 13.0 Å². The lowest BCUT2D eigenvalue weighted by atomic mass is 10.0. The maximum atomic E-state index is 13.1. The number of hydrogen-bond donors (Lipinski definition) is 0. The largest absolute Gasteiger partial charge is 0.287 e. The van der Waals surface area contributed by atoms with E-state index in [9.17, 15) is 13.6 Å². The van der Waals surface area contributed by atoms with Crippen molar-refractivity contribution in [3.63, 3.8) is 0 Å². The maximum absolute atomic E-state index is 13.1. The van der Waals surface area contributed by atoms with Crippen LogP contribution in [0.25, 0.3) is 0 Å². The lowest BCUT2D eigenvalue weighted by Gasteiger charge is -2.05. The Bertz CT molecular complexity index is 576. The van der Waals surface area contributed by atoms with Gasteiger partial charge < -0.3 is 0 Å². The topological polar surface area (TPSA) is 30.0 Å². The van der Waals surface area contributed by atoms with Crippen LogP contribution < -0.4 is 0 Å². The molecule has 0 saturated heterocycles. The number of rotatable bonds is 3. The van der Waals surface area contributed by atoms with Gasteiger partial charge in [0.1, 0.15) is 17.3 Å². The predicted molar refractivity (Wildman–Crippen MR) is 63.4 cm³/mol. The molecule has 0 aliphatic rings. The maximum Gasteiger partial charge on any atom is 0.211 e. The highest BCUT2D eigenvalue weighted by Crippen LogP contribution is 2.15. The number of pyridine rings is 1. The Morgan fingerprint density at radius 2 is 1.89 bits per heavy atom. The third-order valence-electron chi connectivity index (χ3n) is 2.61. The molecular weight excluding hydrogens is 236 g/mol. The number of hydrogen-bond acceptors (Lipinski definition) is 2. The second-order valence-corrected chi connectivity index (χ2v) is 3.85. The van der Waals surface area contributed by atoms with Gasteiger partial charge in [-0.2, -0.15) is 0 Å². The minimum atomic E-state index is -0.771. The van der Waals surface area contributed by atoms with E-state index in [1.165, 1.54) is 6.20 Å². The van der Waals surface area contributed by atoms with Crippen LogP contribution in [0.15, 0.2) is 36.5 Å². The minimum Gasteiger partial charge on any atom is -0.287 e. The van der Waals surface area contributed by atoms with Gasteiger partial charge in [-0.05, 0) is 30.2 Å². The molecule has 0 bridgehead atoms. The van der Waals surface area contributed by atoms with Crippen molar-refractivity contribution in [2.75, 3.05) is 0 Å². The molecular formula is C14H11F2NO. The Morgan fingerprint density at radius 1 is 1.22 bits per heavy atom. The van der Waals surface area contributed by atoms with Crippen LogP contribution in [0, 0.1) is 11.6 Å². The molecule has 0 aliphatic carbocycles. The molecule has 2 rings (SSSR count). The van der Waals surface area contributed by atoms with E-state index in [0.717, 1.165) is 23.8 Å². The molecule has 0 amide bonds. The first-order chi connectivity index (χ1) is 8.61. The van der Waals surface area contributed by atoms with Gasteiger partial charge in [0.05, 0.1) is 0 Å². The van der Waals surface area contributed by atoms with Crippen molar-refractivity contribution in [3.05, 3.63) is 65.0 Å². The van der Waals surface area contributed by atoms with Crippen molar-refractivity contribution < 1.29 is 13.6 Å². The molecule has 4 heteroatoms. The Morgan fingerprint density at radius 3 is 2.50 bits per heavy atom. The quantitative estimate of drug-likeness (QED) is 0.780. The molecule has 18 heavy (non-hydrogen) atoms. The highest BCUT2D eigenvalue weighted by Gasteiger charge is 2.15. The van der Waals surface area contributed by atoms with Crippen LogP contribution >= 0.6 is 0 Å². The first-order valence-electron chi connectivity index (χ1n) is 5.56. The lowest BCUT2D eigenvalue weighted by Crippen LogP contribution is -2.08. The van der Waals surface area contributed by atoms with E-state index >= 15 is 0 Å². The van der Waals surface area contributed by atoms with Crippen LogP contribution in [-0.4, -0.2) is 10.8 Å². The van der Waals surface area contributed by atoms with Crippen LogP contribution in [0.3, 0.4) is 0 Å². The molecule has 0 radical (unpaired) electrons. The van der Waals surface area contributed by atoms with Gasteiger partial charge in [0.25, 0.3) is 0 Å². The van der Waals surface area contributed by atoms with E-state index in [0.29, 0.717) is 6.42 Å². The van der Waals surface area contributed by atoms with Crippen LogP contribution in [0.4, 0.5) is 8.78 Å². The number of aryl methyl sites for hydroxylation is 1. The monoisotopic (exact) mass is 247 g/mol. The van der Waals surface area contributed by atoms with Gasteiger partial charge in [0.2, 0.25) is 5.78 Å². The molecule has 2 aromatic rings. The normalized spacial score (nSPS) is 10.4. The SMILES string of the molecule is CCc1cccnc1C(=O)c1cc(F)cc(F)c1. The number of aromatic nitrogens is 1. The smallest absolute Gasteiger partial charge is 0.211 e. The lowest BCUT2D eigenvalue weighted by molar-refractivity contribution is 0.103. The number of halogens is 2. The average molecular weight is 247 g/mol. The molecule has 92 valence electrons. The summed E-state index contributed by atoms with van der Waals surface area (Å²) in [4.78, 5) is 16.1. The average Bonchev–Trinajstić information content (AvgIpc) is 2.36. The van der Waals surface area contributed by atoms with Crippen LogP contribution in [0.5, 0.6) is 0 Å². The molecule has 0 unspecified atom stereocenters. The van der Waals surface area contributed by atoms with Crippen molar-refractivity contribution in [2.45, 2.75) is 13.3 Å². The molecule has 1 heterocycles. The summed E-state index contributed by atoms with van der Waals surface area (Å²) in [5.74, 6) is -2.01. The number of ketones is 1. The molecule has 1 aromatic heterocycles. The van der Waals surface area contributed by atoms with Gasteiger partial charge >= 0.3 is 0 Å². The molecule has 1 aromatic carbocycles. The highest BCUT2D eigenvalue weighted by molar-refractivity contribution is 6.08. The summed E-state index contributed by atoms with van der Waals surface area (Å²) < 4.78 is 26.1. The van der Waals surface area contributed by atoms with E-state index in [2.05, 4.69) is 4.98 Å². The van der Waals surface area contributed by atoms with Crippen LogP contribution in [0.1, 0.15) is 28.5 Å². The van der Waals surface area contributed by atoms with E-state index in [1.807, 2.05) is 6.92 Å². The van der Waals surface area contributed by atoms with Crippen molar-refractivity contribution in [2.24, 2.45) is 0 Å². The molecule has 0 spiro atoms. The summed E-state index contributed by atoms with van der Waals surface area (Å²) in [7, 11) is 0. The zero-order chi connectivity index (χ0) is 13.1. The van der Waals surface area contributed by atoms with Crippen molar-refractivity contribution in [3.8, 4) is 0 Å². The van der Waals surface area contributed by atoms with Crippen molar-refractivity contribution in [1.29, 1.82) is 0 Å². The summed E-state index contributed by atoms with van der Waals surface area (Å²) in [6, 6.07) is 6.26. The summed E-state index contributed by atoms with van der Waals surface area (Å²) in [5, 5.41) is 0. The molecule has 0 aliphatic heterocycles. The summed E-state index contributed by atoms with van der Waals surface area (Å²) >= 11 is 0. The molecule has 0 N–H and O–H groups in total.